The zero-order chi connectivity index (χ0) is 28.1. The molecule has 0 bridgehead atoms. The van der Waals surface area contributed by atoms with Crippen molar-refractivity contribution < 1.29 is 24.0 Å². The van der Waals surface area contributed by atoms with Crippen LogP contribution in [-0.4, -0.2) is 47.8 Å². The second-order valence-corrected chi connectivity index (χ2v) is 10.7. The molecule has 0 saturated carbocycles. The summed E-state index contributed by atoms with van der Waals surface area (Å²) in [5, 5.41) is 17.7. The number of hydrogen-bond acceptors (Lipinski definition) is 7. The summed E-state index contributed by atoms with van der Waals surface area (Å²) < 4.78 is 5.64. The molecule has 1 N–H and O–H groups in total. The number of carbonyl (C=O) groups is 3. The maximum absolute atomic E-state index is 13.1. The Kier molecular flexibility index (Phi) is 9.21. The van der Waals surface area contributed by atoms with E-state index in [4.69, 9.17) is 27.9 Å². The monoisotopic (exact) mass is 589 g/mol. The van der Waals surface area contributed by atoms with Crippen LogP contribution < -0.4 is 5.32 Å². The number of halogens is 2. The smallest absolute Gasteiger partial charge is 0.307 e. The van der Waals surface area contributed by atoms with Gasteiger partial charge >= 0.3 is 5.97 Å². The summed E-state index contributed by atoms with van der Waals surface area (Å²) in [6.07, 6.45) is 3.78. The Morgan fingerprint density at radius 2 is 1.95 bits per heavy atom. The van der Waals surface area contributed by atoms with Gasteiger partial charge in [-0.25, -0.2) is 0 Å². The Balaban J connectivity index is 1.38. The number of nitrogens with one attached hydrogen (secondary N) is 1. The quantitative estimate of drug-likeness (QED) is 0.154. The van der Waals surface area contributed by atoms with Crippen LogP contribution in [0.1, 0.15) is 36.4 Å². The third-order valence-electron chi connectivity index (χ3n) is 6.63. The van der Waals surface area contributed by atoms with E-state index in [-0.39, 0.29) is 29.8 Å². The number of piperidine rings is 1. The van der Waals surface area contributed by atoms with Crippen LogP contribution in [0.3, 0.4) is 0 Å². The minimum Gasteiger partial charge on any atom is -0.469 e. The predicted octanol–water partition coefficient (Wildman–Crippen LogP) is 5.79. The first-order chi connectivity index (χ1) is 18.7. The van der Waals surface area contributed by atoms with Crippen LogP contribution in [0.2, 0.25) is 10.0 Å². The minimum atomic E-state index is -0.787. The van der Waals surface area contributed by atoms with Crippen LogP contribution in [0, 0.1) is 16.0 Å². The largest absolute Gasteiger partial charge is 0.469 e. The normalized spacial score (nSPS) is 14.9. The molecule has 0 aliphatic carbocycles. The fourth-order valence-corrected chi connectivity index (χ4v) is 5.90. The fourth-order valence-electron chi connectivity index (χ4n) is 4.47. The maximum Gasteiger partial charge on any atom is 0.307 e. The van der Waals surface area contributed by atoms with Crippen LogP contribution in [0.15, 0.2) is 47.9 Å². The molecular formula is C27H25Cl2N3O6S. The molecule has 1 atom stereocenters. The average molecular weight is 590 g/mol. The van der Waals surface area contributed by atoms with Crippen molar-refractivity contribution in [1.29, 1.82) is 0 Å². The summed E-state index contributed by atoms with van der Waals surface area (Å²) >= 11 is 14.3. The molecule has 0 unspecified atom stereocenters. The minimum absolute atomic E-state index is 0.143. The standard InChI is InChI=1S/C27H25Cl2N3O6S/c1-38-23(34)15-21(17-3-2-4-20(14-17)32(36)37)30-27(35)16-7-10-31(11-8-16)22(33)6-5-18-13-19-9-12-39-26(19)25(29)24(18)28/h2-6,9,12-14,16,21H,7-8,10-11,15H2,1H3,(H,30,35)/b6-5+/t21-/m1/s1. The van der Waals surface area contributed by atoms with Gasteiger partial charge in [0, 0.05) is 37.2 Å². The Labute approximate surface area is 238 Å². The van der Waals surface area contributed by atoms with Gasteiger partial charge in [-0.1, -0.05) is 35.3 Å². The van der Waals surface area contributed by atoms with Gasteiger partial charge in [-0.2, -0.15) is 0 Å². The van der Waals surface area contributed by atoms with E-state index < -0.39 is 16.9 Å². The highest BCUT2D eigenvalue weighted by Crippen LogP contribution is 2.37. The van der Waals surface area contributed by atoms with Crippen molar-refractivity contribution in [3.05, 3.63) is 79.1 Å². The molecule has 9 nitrogen and oxygen atoms in total. The first-order valence-electron chi connectivity index (χ1n) is 12.1. The van der Waals surface area contributed by atoms with Gasteiger partial charge in [0.2, 0.25) is 11.8 Å². The van der Waals surface area contributed by atoms with Crippen molar-refractivity contribution in [2.75, 3.05) is 20.2 Å². The number of nitro benzene ring substituents is 1. The lowest BCUT2D eigenvalue weighted by Gasteiger charge is -2.31. The van der Waals surface area contributed by atoms with Crippen molar-refractivity contribution in [3.8, 4) is 0 Å². The molecule has 1 aromatic heterocycles. The summed E-state index contributed by atoms with van der Waals surface area (Å²) in [4.78, 5) is 50.2. The Hall–Kier alpha value is -3.47. The molecule has 1 aliphatic rings. The molecule has 2 amide bonds. The number of thiophene rings is 1. The summed E-state index contributed by atoms with van der Waals surface area (Å²) in [6.45, 7) is 0.746. The van der Waals surface area contributed by atoms with Crippen LogP contribution in [0.5, 0.6) is 0 Å². The molecule has 204 valence electrons. The van der Waals surface area contributed by atoms with Crippen LogP contribution in [0.4, 0.5) is 5.69 Å². The molecule has 0 radical (unpaired) electrons. The molecule has 2 aromatic carbocycles. The van der Waals surface area contributed by atoms with Gasteiger partial charge in [-0.05, 0) is 52.9 Å². The Bertz CT molecular complexity index is 1450. The maximum atomic E-state index is 13.1. The summed E-state index contributed by atoms with van der Waals surface area (Å²) in [5.74, 6) is -1.43. The molecule has 0 spiro atoms. The number of likely N-dealkylation sites (tertiary alicyclic amines) is 1. The number of fused-ring (bicyclic) bond motifs is 1. The SMILES string of the molecule is COC(=O)C[C@@H](NC(=O)C1CCN(C(=O)/C=C/c2cc3ccsc3c(Cl)c2Cl)CC1)c1cccc([N+](=O)[O-])c1. The topological polar surface area (TPSA) is 119 Å². The lowest BCUT2D eigenvalue weighted by Crippen LogP contribution is -2.43. The number of nitrogens with zero attached hydrogens (tertiary/aromatic N) is 2. The van der Waals surface area contributed by atoms with Gasteiger partial charge in [0.15, 0.2) is 0 Å². The Morgan fingerprint density at radius 1 is 1.21 bits per heavy atom. The second kappa shape index (κ2) is 12.6. The molecule has 1 fully saturated rings. The molecule has 4 rings (SSSR count). The van der Waals surface area contributed by atoms with E-state index in [9.17, 15) is 24.5 Å². The fraction of sp³-hybridized carbons (Fsp3) is 0.296. The van der Waals surface area contributed by atoms with E-state index >= 15 is 0 Å². The number of esters is 1. The lowest BCUT2D eigenvalue weighted by molar-refractivity contribution is -0.384. The zero-order valence-corrected chi connectivity index (χ0v) is 23.2. The van der Waals surface area contributed by atoms with Gasteiger partial charge in [0.1, 0.15) is 0 Å². The lowest BCUT2D eigenvalue weighted by atomic mass is 9.94. The number of methoxy groups -OCH3 is 1. The highest BCUT2D eigenvalue weighted by molar-refractivity contribution is 7.18. The number of non-ortho nitro benzene ring substituents is 1. The number of benzene rings is 2. The van der Waals surface area contributed by atoms with Crippen molar-refractivity contribution in [1.82, 2.24) is 10.2 Å². The van der Waals surface area contributed by atoms with Crippen molar-refractivity contribution >= 4 is 74.2 Å². The third kappa shape index (κ3) is 6.76. The van der Waals surface area contributed by atoms with E-state index in [1.165, 1.54) is 42.7 Å². The number of rotatable bonds is 8. The third-order valence-corrected chi connectivity index (χ3v) is 8.58. The van der Waals surface area contributed by atoms with Gasteiger partial charge in [0.25, 0.3) is 5.69 Å². The molecule has 2 heterocycles. The van der Waals surface area contributed by atoms with Crippen LogP contribution in [-0.2, 0) is 19.1 Å². The van der Waals surface area contributed by atoms with Crippen LogP contribution >= 0.6 is 34.5 Å². The highest BCUT2D eigenvalue weighted by Gasteiger charge is 2.29. The van der Waals surface area contributed by atoms with Gasteiger partial charge in [-0.15, -0.1) is 11.3 Å². The molecular weight excluding hydrogens is 565 g/mol. The van der Waals surface area contributed by atoms with E-state index in [1.54, 1.807) is 17.0 Å². The van der Waals surface area contributed by atoms with Gasteiger partial charge in [0.05, 0.1) is 39.2 Å². The molecule has 3 aromatic rings. The van der Waals surface area contributed by atoms with E-state index in [2.05, 4.69) is 5.32 Å². The number of nitro groups is 1. The van der Waals surface area contributed by atoms with Crippen molar-refractivity contribution in [2.45, 2.75) is 25.3 Å². The van der Waals surface area contributed by atoms with Crippen LogP contribution in [0.25, 0.3) is 16.2 Å². The summed E-state index contributed by atoms with van der Waals surface area (Å²) in [7, 11) is 1.23. The van der Waals surface area contributed by atoms with E-state index in [0.717, 1.165) is 10.1 Å². The first-order valence-corrected chi connectivity index (χ1v) is 13.7. The average Bonchev–Trinajstić information content (AvgIpc) is 3.42. The number of hydrogen-bond donors (Lipinski definition) is 1. The molecule has 1 aliphatic heterocycles. The molecule has 12 heteroatoms. The Morgan fingerprint density at radius 3 is 2.64 bits per heavy atom. The highest BCUT2D eigenvalue weighted by atomic mass is 35.5. The first kappa shape index (κ1) is 28.5. The number of carbonyl (C=O) groups excluding carboxylic acids is 3. The van der Waals surface area contributed by atoms with Gasteiger partial charge in [-0.3, -0.25) is 24.5 Å². The van der Waals surface area contributed by atoms with E-state index in [1.807, 2.05) is 17.5 Å². The summed E-state index contributed by atoms with van der Waals surface area (Å²) in [5.41, 5.74) is 0.934. The zero-order valence-electron chi connectivity index (χ0n) is 20.9. The second-order valence-electron chi connectivity index (χ2n) is 9.06. The van der Waals surface area contributed by atoms with Crippen molar-refractivity contribution in [2.24, 2.45) is 5.92 Å². The number of amides is 2. The number of ether oxygens (including phenoxy) is 1. The molecule has 39 heavy (non-hydrogen) atoms. The molecule has 1 saturated heterocycles. The predicted molar refractivity (Wildman–Crippen MR) is 151 cm³/mol. The summed E-state index contributed by atoms with van der Waals surface area (Å²) in [6, 6.07) is 8.82. The van der Waals surface area contributed by atoms with Crippen molar-refractivity contribution in [3.63, 3.8) is 0 Å². The van der Waals surface area contributed by atoms with E-state index in [0.29, 0.717) is 47.1 Å². The van der Waals surface area contributed by atoms with Gasteiger partial charge < -0.3 is 15.0 Å².